The van der Waals surface area contributed by atoms with Crippen LogP contribution in [0.25, 0.3) is 0 Å². The molecule has 1 heterocycles. The first-order chi connectivity index (χ1) is 8.79. The van der Waals surface area contributed by atoms with Gasteiger partial charge in [-0.25, -0.2) is 9.07 Å². The van der Waals surface area contributed by atoms with E-state index in [1.54, 1.807) is 0 Å². The van der Waals surface area contributed by atoms with Gasteiger partial charge in [-0.15, -0.1) is 0 Å². The number of nitrogen functional groups attached to an aromatic ring is 1. The Bertz CT molecular complexity index is 606. The maximum atomic E-state index is 12.9. The third-order valence-electron chi connectivity index (χ3n) is 2.53. The van der Waals surface area contributed by atoms with E-state index in [0.29, 0.717) is 6.07 Å². The van der Waals surface area contributed by atoms with Crippen LogP contribution in [0, 0.1) is 5.82 Å². The Hall–Kier alpha value is -1.76. The summed E-state index contributed by atoms with van der Waals surface area (Å²) in [6.07, 6.45) is -3.42. The van der Waals surface area contributed by atoms with Crippen LogP contribution in [-0.4, -0.2) is 9.78 Å². The SMILES string of the molecule is Nc1c(Cl)cnn1Cc1ccc(F)cc1C(F)(F)F. The van der Waals surface area contributed by atoms with Crippen molar-refractivity contribution < 1.29 is 17.6 Å². The van der Waals surface area contributed by atoms with Crippen molar-refractivity contribution in [1.29, 1.82) is 0 Å². The molecular weight excluding hydrogens is 286 g/mol. The monoisotopic (exact) mass is 293 g/mol. The average Bonchev–Trinajstić information content (AvgIpc) is 2.62. The zero-order valence-electron chi connectivity index (χ0n) is 9.38. The summed E-state index contributed by atoms with van der Waals surface area (Å²) in [6.45, 7) is -0.242. The smallest absolute Gasteiger partial charge is 0.383 e. The van der Waals surface area contributed by atoms with Crippen LogP contribution in [0.3, 0.4) is 0 Å². The van der Waals surface area contributed by atoms with Crippen molar-refractivity contribution in [2.24, 2.45) is 0 Å². The quantitative estimate of drug-likeness (QED) is 0.863. The van der Waals surface area contributed by atoms with E-state index >= 15 is 0 Å². The molecule has 0 amide bonds. The molecule has 0 saturated carbocycles. The van der Waals surface area contributed by atoms with Gasteiger partial charge in [-0.05, 0) is 17.7 Å². The third-order valence-corrected chi connectivity index (χ3v) is 2.82. The molecule has 2 rings (SSSR count). The molecule has 2 N–H and O–H groups in total. The van der Waals surface area contributed by atoms with Crippen LogP contribution >= 0.6 is 11.6 Å². The van der Waals surface area contributed by atoms with Crippen molar-refractivity contribution in [3.8, 4) is 0 Å². The van der Waals surface area contributed by atoms with Gasteiger partial charge in [0.05, 0.1) is 18.3 Å². The number of halogens is 5. The topological polar surface area (TPSA) is 43.8 Å². The van der Waals surface area contributed by atoms with Gasteiger partial charge in [-0.2, -0.15) is 18.3 Å². The van der Waals surface area contributed by atoms with E-state index in [9.17, 15) is 17.6 Å². The summed E-state index contributed by atoms with van der Waals surface area (Å²) in [7, 11) is 0. The first kappa shape index (κ1) is 13.7. The first-order valence-corrected chi connectivity index (χ1v) is 5.49. The van der Waals surface area contributed by atoms with Gasteiger partial charge in [0, 0.05) is 0 Å². The van der Waals surface area contributed by atoms with Gasteiger partial charge in [0.25, 0.3) is 0 Å². The highest BCUT2D eigenvalue weighted by Gasteiger charge is 2.33. The minimum absolute atomic E-state index is 0.0547. The second-order valence-electron chi connectivity index (χ2n) is 3.83. The number of rotatable bonds is 2. The molecule has 102 valence electrons. The fourth-order valence-corrected chi connectivity index (χ4v) is 1.75. The first-order valence-electron chi connectivity index (χ1n) is 5.11. The van der Waals surface area contributed by atoms with Crippen LogP contribution in [0.2, 0.25) is 5.02 Å². The lowest BCUT2D eigenvalue weighted by molar-refractivity contribution is -0.138. The van der Waals surface area contributed by atoms with Crippen molar-refractivity contribution >= 4 is 17.4 Å². The molecule has 2 aromatic rings. The lowest BCUT2D eigenvalue weighted by atomic mass is 10.1. The van der Waals surface area contributed by atoms with Crippen LogP contribution in [0.15, 0.2) is 24.4 Å². The molecule has 0 radical (unpaired) electrons. The summed E-state index contributed by atoms with van der Waals surface area (Å²) in [6, 6.07) is 2.44. The summed E-state index contributed by atoms with van der Waals surface area (Å²) in [5.74, 6) is -0.901. The van der Waals surface area contributed by atoms with Gasteiger partial charge in [0.15, 0.2) is 0 Å². The van der Waals surface area contributed by atoms with E-state index in [1.165, 1.54) is 6.20 Å². The molecule has 0 fully saturated rings. The highest BCUT2D eigenvalue weighted by molar-refractivity contribution is 6.32. The molecule has 0 aliphatic rings. The van der Waals surface area contributed by atoms with Crippen molar-refractivity contribution in [2.75, 3.05) is 5.73 Å². The van der Waals surface area contributed by atoms with Gasteiger partial charge in [0.1, 0.15) is 16.7 Å². The maximum Gasteiger partial charge on any atom is 0.416 e. The Morgan fingerprint density at radius 1 is 1.32 bits per heavy atom. The number of hydrogen-bond donors (Lipinski definition) is 1. The summed E-state index contributed by atoms with van der Waals surface area (Å²) < 4.78 is 52.4. The number of benzene rings is 1. The van der Waals surface area contributed by atoms with E-state index < -0.39 is 17.6 Å². The van der Waals surface area contributed by atoms with E-state index in [4.69, 9.17) is 17.3 Å². The molecule has 0 bridgehead atoms. The summed E-state index contributed by atoms with van der Waals surface area (Å²) in [4.78, 5) is 0. The van der Waals surface area contributed by atoms with E-state index in [2.05, 4.69) is 5.10 Å². The molecule has 3 nitrogen and oxygen atoms in total. The molecule has 0 saturated heterocycles. The Balaban J connectivity index is 2.43. The fourth-order valence-electron chi connectivity index (χ4n) is 1.61. The fraction of sp³-hybridized carbons (Fsp3) is 0.182. The molecule has 0 aliphatic carbocycles. The standard InChI is InChI=1S/C11H8ClF4N3/c12-9-4-18-19(10(9)17)5-6-1-2-7(13)3-8(6)11(14,15)16/h1-4H,5,17H2. The highest BCUT2D eigenvalue weighted by Crippen LogP contribution is 2.33. The number of anilines is 1. The molecule has 1 aromatic carbocycles. The van der Waals surface area contributed by atoms with Crippen molar-refractivity contribution in [3.05, 3.63) is 46.4 Å². The number of alkyl halides is 3. The molecular formula is C11H8ClF4N3. The Labute approximate surface area is 110 Å². The van der Waals surface area contributed by atoms with Crippen LogP contribution < -0.4 is 5.73 Å². The normalized spacial score (nSPS) is 11.8. The Morgan fingerprint density at radius 2 is 2.00 bits per heavy atom. The minimum atomic E-state index is -4.65. The van der Waals surface area contributed by atoms with Crippen molar-refractivity contribution in [1.82, 2.24) is 9.78 Å². The highest BCUT2D eigenvalue weighted by atomic mass is 35.5. The maximum absolute atomic E-state index is 12.9. The van der Waals surface area contributed by atoms with E-state index in [-0.39, 0.29) is 22.9 Å². The third kappa shape index (κ3) is 2.81. The summed E-state index contributed by atoms with van der Waals surface area (Å²) in [5.41, 5.74) is 4.36. The minimum Gasteiger partial charge on any atom is -0.383 e. The Morgan fingerprint density at radius 3 is 2.53 bits per heavy atom. The Kier molecular flexibility index (Phi) is 3.40. The van der Waals surface area contributed by atoms with Crippen LogP contribution in [0.1, 0.15) is 11.1 Å². The van der Waals surface area contributed by atoms with Gasteiger partial charge in [-0.1, -0.05) is 17.7 Å². The average molecular weight is 294 g/mol. The number of nitrogens with two attached hydrogens (primary N) is 1. The van der Waals surface area contributed by atoms with Crippen LogP contribution in [0.5, 0.6) is 0 Å². The predicted molar refractivity (Wildman–Crippen MR) is 62.2 cm³/mol. The number of hydrogen-bond acceptors (Lipinski definition) is 2. The summed E-state index contributed by atoms with van der Waals surface area (Å²) >= 11 is 5.66. The van der Waals surface area contributed by atoms with Gasteiger partial charge in [0.2, 0.25) is 0 Å². The lowest BCUT2D eigenvalue weighted by Crippen LogP contribution is -2.14. The molecule has 0 atom stereocenters. The lowest BCUT2D eigenvalue weighted by Gasteiger charge is -2.13. The molecule has 19 heavy (non-hydrogen) atoms. The molecule has 1 aromatic heterocycles. The predicted octanol–water partition coefficient (Wildman–Crippen LogP) is 3.32. The van der Waals surface area contributed by atoms with Crippen LogP contribution in [-0.2, 0) is 12.7 Å². The number of aromatic nitrogens is 2. The molecule has 0 spiro atoms. The second kappa shape index (κ2) is 4.73. The van der Waals surface area contributed by atoms with Crippen molar-refractivity contribution in [2.45, 2.75) is 12.7 Å². The van der Waals surface area contributed by atoms with Crippen molar-refractivity contribution in [3.63, 3.8) is 0 Å². The zero-order chi connectivity index (χ0) is 14.2. The molecule has 0 aliphatic heterocycles. The second-order valence-corrected chi connectivity index (χ2v) is 4.24. The summed E-state index contributed by atoms with van der Waals surface area (Å²) in [5, 5.41) is 3.90. The van der Waals surface area contributed by atoms with Crippen LogP contribution in [0.4, 0.5) is 23.4 Å². The largest absolute Gasteiger partial charge is 0.416 e. The van der Waals surface area contributed by atoms with E-state index in [0.717, 1.165) is 16.8 Å². The van der Waals surface area contributed by atoms with Gasteiger partial charge >= 0.3 is 6.18 Å². The van der Waals surface area contributed by atoms with E-state index in [1.807, 2.05) is 0 Å². The van der Waals surface area contributed by atoms with Gasteiger partial charge < -0.3 is 5.73 Å². The zero-order valence-corrected chi connectivity index (χ0v) is 10.1. The number of nitrogens with zero attached hydrogens (tertiary/aromatic N) is 2. The molecule has 8 heteroatoms. The molecule has 0 unspecified atom stereocenters. The van der Waals surface area contributed by atoms with Gasteiger partial charge in [-0.3, -0.25) is 0 Å².